The Hall–Kier alpha value is -4.20. The van der Waals surface area contributed by atoms with Crippen molar-refractivity contribution in [3.8, 4) is 11.6 Å². The van der Waals surface area contributed by atoms with Crippen molar-refractivity contribution >= 4 is 50.2 Å². The smallest absolute Gasteiger partial charge is 0.307 e. The van der Waals surface area contributed by atoms with Crippen molar-refractivity contribution < 1.29 is 41.8 Å². The lowest BCUT2D eigenvalue weighted by Gasteiger charge is -2.32. The minimum absolute atomic E-state index is 0.0604. The second-order valence-corrected chi connectivity index (χ2v) is 21.5. The van der Waals surface area contributed by atoms with E-state index in [2.05, 4.69) is 16.5 Å². The number of nitrogens with zero attached hydrogens (tertiary/aromatic N) is 3. The van der Waals surface area contributed by atoms with E-state index in [-0.39, 0.29) is 55.3 Å². The van der Waals surface area contributed by atoms with Crippen molar-refractivity contribution in [1.82, 2.24) is 14.6 Å². The maximum absolute atomic E-state index is 15.1. The molecule has 59 heavy (non-hydrogen) atoms. The summed E-state index contributed by atoms with van der Waals surface area (Å²) < 4.78 is 46.0. The van der Waals surface area contributed by atoms with Crippen molar-refractivity contribution in [3.63, 3.8) is 0 Å². The topological polar surface area (TPSA) is 162 Å². The molecule has 2 amide bonds. The first-order chi connectivity index (χ1) is 27.8. The lowest BCUT2D eigenvalue weighted by molar-refractivity contribution is -0.160. The number of aromatic nitrogens is 1. The number of sulfonamides is 1. The summed E-state index contributed by atoms with van der Waals surface area (Å²) in [4.78, 5) is 66.2. The van der Waals surface area contributed by atoms with Crippen LogP contribution in [-0.4, -0.2) is 91.1 Å². The first-order valence-electron chi connectivity index (χ1n) is 21.5. The molecule has 322 valence electrons. The molecule has 2 aliphatic carbocycles. The third-order valence-corrected chi connectivity index (χ3v) is 15.5. The summed E-state index contributed by atoms with van der Waals surface area (Å²) in [6, 6.07) is 6.72. The molecular weight excluding hydrogens is 773 g/mol. The van der Waals surface area contributed by atoms with Gasteiger partial charge < -0.3 is 24.0 Å². The number of hydrogen-bond donors (Lipinski definition) is 1. The molecule has 7 rings (SSSR count). The van der Waals surface area contributed by atoms with Crippen molar-refractivity contribution in [2.24, 2.45) is 29.1 Å². The maximum Gasteiger partial charge on any atom is 0.307 e. The number of carbonyl (C=O) groups is 4. The van der Waals surface area contributed by atoms with Gasteiger partial charge in [0.1, 0.15) is 23.3 Å². The van der Waals surface area contributed by atoms with Gasteiger partial charge in [0.05, 0.1) is 42.2 Å². The number of anilines is 1. The number of pyridine rings is 1. The summed E-state index contributed by atoms with van der Waals surface area (Å²) in [5, 5.41) is 1.64. The Morgan fingerprint density at radius 1 is 1.05 bits per heavy atom. The number of carbonyl (C=O) groups excluding carboxylic acids is 4. The van der Waals surface area contributed by atoms with Crippen molar-refractivity contribution in [2.45, 2.75) is 135 Å². The fraction of sp³-hybridized carbons (Fsp3) is 0.667. The molecule has 14 heteroatoms. The van der Waals surface area contributed by atoms with E-state index >= 15 is 4.79 Å². The Kier molecular flexibility index (Phi) is 11.9. The highest BCUT2D eigenvalue weighted by Gasteiger charge is 2.62. The molecule has 4 fully saturated rings. The average Bonchev–Trinajstić information content (AvgIpc) is 3.91. The molecule has 2 aromatic rings. The van der Waals surface area contributed by atoms with E-state index < -0.39 is 55.7 Å². The van der Waals surface area contributed by atoms with Crippen LogP contribution in [0.15, 0.2) is 36.4 Å². The first kappa shape index (κ1) is 42.9. The molecule has 5 aliphatic rings. The molecule has 1 aromatic heterocycles. The van der Waals surface area contributed by atoms with E-state index in [1.54, 1.807) is 39.7 Å². The van der Waals surface area contributed by atoms with Gasteiger partial charge in [-0.15, -0.1) is 0 Å². The zero-order chi connectivity index (χ0) is 42.5. The summed E-state index contributed by atoms with van der Waals surface area (Å²) in [6.45, 7) is 12.9. The molecule has 3 aliphatic heterocycles. The standard InChI is InChI=1S/C45H62N4O9S/c1-28-12-8-9-13-31-25-45(31,42(53)47-59(54,55)44(6)16-17-44)26-37(50)36-23-33(27-49(36)41(52)35(29(2)20-28)24-39(51)58-43(3,4)5)57-40-34-15-14-32(56-7)21-30(34)22-38(46-40)48-18-10-11-19-48/h9,13-15,21-22,28-29,31,33,35-36H,8,10-12,16-20,23-27H2,1-7H3,(H,47,53)/b13-9-/t28-,29+,31+,33+,35-,36-,45+/m0/s1. The molecule has 13 nitrogen and oxygen atoms in total. The largest absolute Gasteiger partial charge is 0.497 e. The second kappa shape index (κ2) is 16.3. The van der Waals surface area contributed by atoms with Gasteiger partial charge in [-0.3, -0.25) is 23.9 Å². The molecule has 0 unspecified atom stereocenters. The normalized spacial score (nSPS) is 30.4. The van der Waals surface area contributed by atoms with Crippen LogP contribution >= 0.6 is 0 Å². The number of ether oxygens (including phenoxy) is 3. The van der Waals surface area contributed by atoms with Gasteiger partial charge in [-0.1, -0.05) is 26.0 Å². The van der Waals surface area contributed by atoms with Crippen LogP contribution in [0.3, 0.4) is 0 Å². The van der Waals surface area contributed by atoms with Crippen molar-refractivity contribution in [2.75, 3.05) is 31.6 Å². The van der Waals surface area contributed by atoms with Crippen LogP contribution in [0.25, 0.3) is 10.8 Å². The number of allylic oxidation sites excluding steroid dienone is 2. The van der Waals surface area contributed by atoms with Gasteiger partial charge in [0.2, 0.25) is 27.7 Å². The Labute approximate surface area is 349 Å². The highest BCUT2D eigenvalue weighted by atomic mass is 32.2. The van der Waals surface area contributed by atoms with Gasteiger partial charge >= 0.3 is 5.97 Å². The van der Waals surface area contributed by atoms with E-state index in [4.69, 9.17) is 19.2 Å². The van der Waals surface area contributed by atoms with Crippen LogP contribution < -0.4 is 19.1 Å². The number of ketones is 1. The number of fused-ring (bicyclic) bond motifs is 3. The third kappa shape index (κ3) is 9.27. The quantitative estimate of drug-likeness (QED) is 0.217. The molecule has 0 spiro atoms. The van der Waals surface area contributed by atoms with E-state index in [0.29, 0.717) is 37.3 Å². The SMILES string of the molecule is COc1ccc2c(O[C@@H]3C[C@H]4C(=O)C[C@]5(C(=O)NS(=O)(=O)C6(C)CC6)C[C@H]5/C=C\CC[C@H](C)C[C@@H](C)[C@H](CC(=O)OC(C)(C)C)C(=O)N4C3)nc(N3CCCC3)cc2c1. The van der Waals surface area contributed by atoms with E-state index in [1.165, 1.54) is 0 Å². The van der Waals surface area contributed by atoms with Crippen LogP contribution in [-0.2, 0) is 33.9 Å². The minimum Gasteiger partial charge on any atom is -0.497 e. The van der Waals surface area contributed by atoms with Crippen molar-refractivity contribution in [3.05, 3.63) is 36.4 Å². The second-order valence-electron chi connectivity index (χ2n) is 19.3. The monoisotopic (exact) mass is 834 g/mol. The zero-order valence-corrected chi connectivity index (χ0v) is 36.6. The zero-order valence-electron chi connectivity index (χ0n) is 35.8. The number of esters is 1. The Morgan fingerprint density at radius 2 is 1.78 bits per heavy atom. The maximum atomic E-state index is 15.1. The highest BCUT2D eigenvalue weighted by molar-refractivity contribution is 7.91. The van der Waals surface area contributed by atoms with Crippen LogP contribution in [0.1, 0.15) is 112 Å². The first-order valence-corrected chi connectivity index (χ1v) is 23.0. The van der Waals surface area contributed by atoms with Gasteiger partial charge in [-0.05, 0) is 126 Å². The molecule has 1 aromatic carbocycles. The molecule has 0 bridgehead atoms. The van der Waals surface area contributed by atoms with Crippen LogP contribution in [0.2, 0.25) is 0 Å². The number of hydrogen-bond acceptors (Lipinski definition) is 11. The van der Waals surface area contributed by atoms with E-state index in [1.807, 2.05) is 43.3 Å². The number of Topliss-reactive ketones (excluding diaryl/α,β-unsaturated/α-hetero) is 1. The Morgan fingerprint density at radius 3 is 2.46 bits per heavy atom. The van der Waals surface area contributed by atoms with Crippen LogP contribution in [0, 0.1) is 29.1 Å². The molecule has 7 atom stereocenters. The Bertz CT molecular complexity index is 2100. The Balaban J connectivity index is 1.24. The summed E-state index contributed by atoms with van der Waals surface area (Å²) in [6.07, 6.45) is 8.66. The molecule has 2 saturated carbocycles. The summed E-state index contributed by atoms with van der Waals surface area (Å²) in [5.74, 6) is -1.10. The summed E-state index contributed by atoms with van der Waals surface area (Å²) in [7, 11) is -2.34. The molecule has 1 N–H and O–H groups in total. The van der Waals surface area contributed by atoms with Crippen LogP contribution in [0.4, 0.5) is 5.82 Å². The highest BCUT2D eigenvalue weighted by Crippen LogP contribution is 2.58. The van der Waals surface area contributed by atoms with Gasteiger partial charge in [0.25, 0.3) is 0 Å². The molecule has 0 radical (unpaired) electrons. The summed E-state index contributed by atoms with van der Waals surface area (Å²) in [5.41, 5.74) is -2.02. The predicted molar refractivity (Wildman–Crippen MR) is 224 cm³/mol. The van der Waals surface area contributed by atoms with Gasteiger partial charge in [0.15, 0.2) is 5.78 Å². The predicted octanol–water partition coefficient (Wildman–Crippen LogP) is 6.52. The average molecular weight is 835 g/mol. The molecule has 2 saturated heterocycles. The van der Waals surface area contributed by atoms with Crippen molar-refractivity contribution in [1.29, 1.82) is 0 Å². The lowest BCUT2D eigenvalue weighted by Crippen LogP contribution is -2.48. The van der Waals surface area contributed by atoms with Gasteiger partial charge in [-0.25, -0.2) is 8.42 Å². The number of amides is 2. The van der Waals surface area contributed by atoms with Gasteiger partial charge in [-0.2, -0.15) is 4.98 Å². The molecular formula is C45H62N4O9S. The number of benzene rings is 1. The minimum atomic E-state index is -3.96. The fourth-order valence-corrected chi connectivity index (χ4v) is 10.7. The lowest BCUT2D eigenvalue weighted by atomic mass is 9.82. The van der Waals surface area contributed by atoms with E-state index in [9.17, 15) is 22.8 Å². The number of nitrogens with one attached hydrogen (secondary N) is 1. The molecule has 4 heterocycles. The van der Waals surface area contributed by atoms with Crippen LogP contribution in [0.5, 0.6) is 11.6 Å². The number of methoxy groups -OCH3 is 1. The van der Waals surface area contributed by atoms with Gasteiger partial charge in [0, 0.05) is 31.3 Å². The number of rotatable bonds is 9. The summed E-state index contributed by atoms with van der Waals surface area (Å²) >= 11 is 0. The van der Waals surface area contributed by atoms with E-state index in [0.717, 1.165) is 55.4 Å². The fourth-order valence-electron chi connectivity index (χ4n) is 9.32. The third-order valence-electron chi connectivity index (χ3n) is 13.3.